The highest BCUT2D eigenvalue weighted by Crippen LogP contribution is 2.34. The summed E-state index contributed by atoms with van der Waals surface area (Å²) >= 11 is 1.57. The third-order valence-corrected chi connectivity index (χ3v) is 5.45. The Morgan fingerprint density at radius 3 is 2.88 bits per heavy atom. The minimum absolute atomic E-state index is 0.00876. The van der Waals surface area contributed by atoms with Crippen LogP contribution >= 0.6 is 11.3 Å². The number of likely N-dealkylation sites (tertiary alicyclic amines) is 1. The van der Waals surface area contributed by atoms with E-state index in [-0.39, 0.29) is 17.8 Å². The largest absolute Gasteiger partial charge is 0.494 e. The number of amides is 2. The number of imidazole rings is 1. The highest BCUT2D eigenvalue weighted by atomic mass is 32.1. The van der Waals surface area contributed by atoms with Crippen molar-refractivity contribution in [1.29, 1.82) is 0 Å². The molecule has 1 aliphatic heterocycles. The van der Waals surface area contributed by atoms with Gasteiger partial charge in [0.25, 0.3) is 0 Å². The van der Waals surface area contributed by atoms with Gasteiger partial charge in [-0.15, -0.1) is 11.3 Å². The number of H-pyrrole nitrogens is 2. The van der Waals surface area contributed by atoms with E-state index in [2.05, 4.69) is 20.3 Å². The summed E-state index contributed by atoms with van der Waals surface area (Å²) in [5.74, 6) is 0.490. The number of rotatable bonds is 3. The molecule has 1 aromatic carbocycles. The molecule has 0 saturated carbocycles. The van der Waals surface area contributed by atoms with Crippen molar-refractivity contribution in [3.05, 3.63) is 39.2 Å². The summed E-state index contributed by atoms with van der Waals surface area (Å²) in [4.78, 5) is 36.0. The van der Waals surface area contributed by atoms with Crippen molar-refractivity contribution < 1.29 is 9.53 Å². The molecule has 1 saturated heterocycles. The Morgan fingerprint density at radius 1 is 1.35 bits per heavy atom. The number of nitrogens with zero attached hydrogens (tertiary/aromatic N) is 2. The lowest BCUT2D eigenvalue weighted by Crippen LogP contribution is -2.41. The quantitative estimate of drug-likeness (QED) is 0.656. The lowest BCUT2D eigenvalue weighted by atomic mass is 10.0. The first-order valence-corrected chi connectivity index (χ1v) is 9.30. The van der Waals surface area contributed by atoms with E-state index in [9.17, 15) is 9.59 Å². The van der Waals surface area contributed by atoms with Gasteiger partial charge in [-0.2, -0.15) is 0 Å². The summed E-state index contributed by atoms with van der Waals surface area (Å²) in [6, 6.07) is 3.19. The van der Waals surface area contributed by atoms with E-state index < -0.39 is 0 Å². The van der Waals surface area contributed by atoms with Crippen molar-refractivity contribution in [3.63, 3.8) is 0 Å². The highest BCUT2D eigenvalue weighted by Gasteiger charge is 2.30. The Bertz CT molecular complexity index is 978. The van der Waals surface area contributed by atoms with E-state index in [1.165, 1.54) is 7.11 Å². The zero-order valence-electron chi connectivity index (χ0n) is 14.2. The van der Waals surface area contributed by atoms with Crippen LogP contribution in [0.2, 0.25) is 0 Å². The molecule has 9 heteroatoms. The summed E-state index contributed by atoms with van der Waals surface area (Å²) < 4.78 is 5.37. The molecule has 1 unspecified atom stereocenters. The number of thiazole rings is 1. The Hall–Kier alpha value is -2.81. The molecule has 3 aromatic rings. The molecule has 1 fully saturated rings. The number of methoxy groups -OCH3 is 1. The fourth-order valence-electron chi connectivity index (χ4n) is 3.35. The van der Waals surface area contributed by atoms with Crippen LogP contribution in [0.3, 0.4) is 0 Å². The maximum absolute atomic E-state index is 12.9. The summed E-state index contributed by atoms with van der Waals surface area (Å²) in [6.07, 6.45) is 4.72. The van der Waals surface area contributed by atoms with Crippen molar-refractivity contribution in [2.24, 2.45) is 0 Å². The van der Waals surface area contributed by atoms with Crippen molar-refractivity contribution in [3.8, 4) is 5.75 Å². The number of piperidine rings is 1. The van der Waals surface area contributed by atoms with Crippen LogP contribution in [0.5, 0.6) is 5.75 Å². The molecule has 3 heterocycles. The smallest absolute Gasteiger partial charge is 0.323 e. The predicted molar refractivity (Wildman–Crippen MR) is 99.9 cm³/mol. The molecule has 1 atom stereocenters. The number of fused-ring (bicyclic) bond motifs is 1. The molecule has 2 amide bonds. The van der Waals surface area contributed by atoms with Crippen LogP contribution in [0.15, 0.2) is 28.5 Å². The van der Waals surface area contributed by atoms with Crippen LogP contribution in [-0.2, 0) is 0 Å². The first-order chi connectivity index (χ1) is 12.7. The van der Waals surface area contributed by atoms with Crippen LogP contribution in [0.25, 0.3) is 11.0 Å². The SMILES string of the molecule is COc1cc2[nH]c(=O)[nH]c2cc1NC(=O)N1CCCCC1c1nccs1. The average Bonchev–Trinajstić information content (AvgIpc) is 3.29. The molecule has 136 valence electrons. The molecule has 8 nitrogen and oxygen atoms in total. The number of hydrogen-bond acceptors (Lipinski definition) is 5. The Kier molecular flexibility index (Phi) is 4.37. The van der Waals surface area contributed by atoms with E-state index in [0.717, 1.165) is 24.3 Å². The number of carbonyl (C=O) groups is 1. The number of aromatic amines is 2. The normalized spacial score (nSPS) is 17.4. The molecule has 2 aromatic heterocycles. The second-order valence-corrected chi connectivity index (χ2v) is 7.11. The van der Waals surface area contributed by atoms with Gasteiger partial charge in [0, 0.05) is 24.2 Å². The molecule has 1 aliphatic rings. The maximum atomic E-state index is 12.9. The van der Waals surface area contributed by atoms with Gasteiger partial charge in [0.05, 0.1) is 29.9 Å². The molecule has 0 aliphatic carbocycles. The summed E-state index contributed by atoms with van der Waals surface area (Å²) in [5.41, 5.74) is 1.46. The molecule has 3 N–H and O–H groups in total. The van der Waals surface area contributed by atoms with Gasteiger partial charge in [0.1, 0.15) is 10.8 Å². The van der Waals surface area contributed by atoms with Crippen molar-refractivity contribution in [1.82, 2.24) is 19.9 Å². The molecule has 0 bridgehead atoms. The number of carbonyl (C=O) groups excluding carboxylic acids is 1. The van der Waals surface area contributed by atoms with Crippen molar-refractivity contribution in [2.75, 3.05) is 19.0 Å². The topological polar surface area (TPSA) is 103 Å². The third-order valence-electron chi connectivity index (χ3n) is 4.58. The van der Waals surface area contributed by atoms with Gasteiger partial charge in [-0.25, -0.2) is 14.6 Å². The number of benzene rings is 1. The summed E-state index contributed by atoms with van der Waals surface area (Å²) in [5, 5.41) is 5.81. The minimum atomic E-state index is -0.301. The van der Waals surface area contributed by atoms with E-state index >= 15 is 0 Å². The molecule has 4 rings (SSSR count). The highest BCUT2D eigenvalue weighted by molar-refractivity contribution is 7.09. The number of anilines is 1. The van der Waals surface area contributed by atoms with Crippen LogP contribution in [0.4, 0.5) is 10.5 Å². The Balaban J connectivity index is 1.62. The van der Waals surface area contributed by atoms with Crippen LogP contribution in [0.1, 0.15) is 30.3 Å². The number of hydrogen-bond donors (Lipinski definition) is 3. The average molecular weight is 373 g/mol. The van der Waals surface area contributed by atoms with Gasteiger partial charge in [0.2, 0.25) is 0 Å². The van der Waals surface area contributed by atoms with E-state index in [1.54, 1.807) is 29.7 Å². The molecule has 26 heavy (non-hydrogen) atoms. The third kappa shape index (κ3) is 3.05. The molecular formula is C17H19N5O3S. The lowest BCUT2D eigenvalue weighted by molar-refractivity contribution is 0.163. The molecule has 0 radical (unpaired) electrons. The van der Waals surface area contributed by atoms with Gasteiger partial charge in [-0.05, 0) is 25.3 Å². The van der Waals surface area contributed by atoms with Gasteiger partial charge < -0.3 is 24.9 Å². The second-order valence-electron chi connectivity index (χ2n) is 6.18. The standard InChI is InChI=1S/C17H19N5O3S/c1-25-14-9-11-10(19-16(23)20-11)8-12(14)21-17(24)22-6-3-2-4-13(22)15-18-5-7-26-15/h5,7-9,13H,2-4,6H2,1H3,(H,21,24)(H2,19,20,23). The zero-order chi connectivity index (χ0) is 18.1. The predicted octanol–water partition coefficient (Wildman–Crippen LogP) is 3.08. The van der Waals surface area contributed by atoms with Gasteiger partial charge in [-0.3, -0.25) is 0 Å². The van der Waals surface area contributed by atoms with Gasteiger partial charge in [-0.1, -0.05) is 0 Å². The lowest BCUT2D eigenvalue weighted by Gasteiger charge is -2.34. The Labute approximate surface area is 153 Å². The maximum Gasteiger partial charge on any atom is 0.323 e. The summed E-state index contributed by atoms with van der Waals surface area (Å²) in [7, 11) is 1.53. The van der Waals surface area contributed by atoms with Crippen molar-refractivity contribution >= 4 is 34.1 Å². The number of aromatic nitrogens is 3. The monoisotopic (exact) mass is 373 g/mol. The van der Waals surface area contributed by atoms with Crippen LogP contribution in [0, 0.1) is 0 Å². The molecule has 0 spiro atoms. The van der Waals surface area contributed by atoms with Crippen molar-refractivity contribution in [2.45, 2.75) is 25.3 Å². The number of urea groups is 1. The number of nitrogens with one attached hydrogen (secondary N) is 3. The van der Waals surface area contributed by atoms with Crippen LogP contribution in [-0.4, -0.2) is 39.5 Å². The van der Waals surface area contributed by atoms with Gasteiger partial charge in [0.15, 0.2) is 0 Å². The van der Waals surface area contributed by atoms with E-state index in [4.69, 9.17) is 4.74 Å². The fourth-order valence-corrected chi connectivity index (χ4v) is 4.13. The first-order valence-electron chi connectivity index (χ1n) is 8.43. The van der Waals surface area contributed by atoms with E-state index in [0.29, 0.717) is 29.0 Å². The van der Waals surface area contributed by atoms with E-state index in [1.807, 2.05) is 10.3 Å². The first kappa shape index (κ1) is 16.6. The zero-order valence-corrected chi connectivity index (χ0v) is 15.1. The number of ether oxygens (including phenoxy) is 1. The Morgan fingerprint density at radius 2 is 2.15 bits per heavy atom. The second kappa shape index (κ2) is 6.83. The summed E-state index contributed by atoms with van der Waals surface area (Å²) in [6.45, 7) is 0.682. The molecular weight excluding hydrogens is 354 g/mol. The van der Waals surface area contributed by atoms with Crippen LogP contribution < -0.4 is 15.7 Å². The minimum Gasteiger partial charge on any atom is -0.494 e. The van der Waals surface area contributed by atoms with Gasteiger partial charge >= 0.3 is 11.7 Å². The fraction of sp³-hybridized carbons (Fsp3) is 0.353.